The first-order chi connectivity index (χ1) is 11.0. The van der Waals surface area contributed by atoms with E-state index in [1.54, 1.807) is 0 Å². The molecule has 0 aromatic carbocycles. The smallest absolute Gasteiger partial charge is 0.0128 e. The number of nitrogens with two attached hydrogens (primary N) is 1. The van der Waals surface area contributed by atoms with Crippen LogP contribution in [-0.2, 0) is 0 Å². The molecule has 0 aliphatic carbocycles. The van der Waals surface area contributed by atoms with Crippen molar-refractivity contribution in [2.45, 2.75) is 128 Å². The van der Waals surface area contributed by atoms with Gasteiger partial charge < -0.3 is 5.73 Å². The summed E-state index contributed by atoms with van der Waals surface area (Å²) in [6.45, 7) is 33.8. The zero-order valence-corrected chi connectivity index (χ0v) is 21.0. The molecule has 158 valence electrons. The second-order valence-corrected chi connectivity index (χ2v) is 14.1. The average Bonchev–Trinajstić information content (AvgIpc) is 2.17. The van der Waals surface area contributed by atoms with Gasteiger partial charge in [-0.2, -0.15) is 0 Å². The first-order valence-corrected chi connectivity index (χ1v) is 10.8. The van der Waals surface area contributed by atoms with E-state index in [2.05, 4.69) is 96.9 Å². The first kappa shape index (κ1) is 26.0. The number of rotatable bonds is 8. The van der Waals surface area contributed by atoms with Crippen molar-refractivity contribution in [2.75, 3.05) is 0 Å². The maximum atomic E-state index is 6.68. The molecule has 0 aromatic rings. The van der Waals surface area contributed by atoms with Gasteiger partial charge in [0.25, 0.3) is 0 Å². The molecule has 0 fully saturated rings. The minimum Gasteiger partial charge on any atom is -0.325 e. The van der Waals surface area contributed by atoms with Crippen LogP contribution in [0.2, 0.25) is 0 Å². The van der Waals surface area contributed by atoms with Gasteiger partial charge >= 0.3 is 0 Å². The van der Waals surface area contributed by atoms with Gasteiger partial charge in [-0.25, -0.2) is 0 Å². The van der Waals surface area contributed by atoms with E-state index in [4.69, 9.17) is 5.73 Å². The van der Waals surface area contributed by atoms with Crippen molar-refractivity contribution >= 4 is 0 Å². The summed E-state index contributed by atoms with van der Waals surface area (Å²) >= 11 is 0. The second kappa shape index (κ2) is 7.76. The van der Waals surface area contributed by atoms with Gasteiger partial charge in [0.1, 0.15) is 0 Å². The van der Waals surface area contributed by atoms with E-state index < -0.39 is 0 Å². The van der Waals surface area contributed by atoms with E-state index in [0.717, 1.165) is 12.8 Å². The molecule has 1 nitrogen and oxygen atoms in total. The first-order valence-electron chi connectivity index (χ1n) is 10.8. The highest BCUT2D eigenvalue weighted by molar-refractivity contribution is 5.02. The third-order valence-electron chi connectivity index (χ3n) is 5.98. The molecule has 0 bridgehead atoms. The fourth-order valence-corrected chi connectivity index (χ4v) is 7.38. The molecule has 0 heterocycles. The van der Waals surface area contributed by atoms with Crippen molar-refractivity contribution in [3.63, 3.8) is 0 Å². The van der Waals surface area contributed by atoms with Crippen molar-refractivity contribution in [3.8, 4) is 0 Å². The van der Waals surface area contributed by atoms with E-state index >= 15 is 0 Å². The van der Waals surface area contributed by atoms with Crippen LogP contribution in [0, 0.1) is 33.0 Å². The van der Waals surface area contributed by atoms with Crippen molar-refractivity contribution in [1.29, 1.82) is 0 Å². The van der Waals surface area contributed by atoms with E-state index in [-0.39, 0.29) is 21.8 Å². The van der Waals surface area contributed by atoms with E-state index in [0.29, 0.717) is 16.7 Å². The summed E-state index contributed by atoms with van der Waals surface area (Å²) < 4.78 is 0. The molecule has 1 heteroatoms. The molecule has 26 heavy (non-hydrogen) atoms. The molecule has 0 saturated heterocycles. The predicted octanol–water partition coefficient (Wildman–Crippen LogP) is 8.07. The van der Waals surface area contributed by atoms with Crippen LogP contribution >= 0.6 is 0 Å². The SMILES string of the molecule is CCC(C)(N)CC(C)(C)C(C(C)(C)CC(C)(C)C)C(C)(C)CC(C)(C)C. The Morgan fingerprint density at radius 3 is 1.04 bits per heavy atom. The Labute approximate surface area is 167 Å². The average molecular weight is 368 g/mol. The van der Waals surface area contributed by atoms with Gasteiger partial charge in [-0.15, -0.1) is 0 Å². The lowest BCUT2D eigenvalue weighted by molar-refractivity contribution is -0.0730. The minimum atomic E-state index is -0.0998. The third-order valence-corrected chi connectivity index (χ3v) is 5.98. The van der Waals surface area contributed by atoms with Crippen LogP contribution in [0.3, 0.4) is 0 Å². The molecular formula is C25H53N. The quantitative estimate of drug-likeness (QED) is 0.461. The van der Waals surface area contributed by atoms with Crippen LogP contribution in [0.4, 0.5) is 0 Å². The molecule has 0 aliphatic heterocycles. The lowest BCUT2D eigenvalue weighted by atomic mass is 9.48. The Balaban J connectivity index is 6.20. The standard InChI is InChI=1S/C25H53N/c1-15-25(14,26)18-24(12,13)19(22(8,9)16-20(2,3)4)23(10,11)17-21(5,6)7/h19H,15-18,26H2,1-14H3. The maximum absolute atomic E-state index is 6.68. The van der Waals surface area contributed by atoms with Crippen LogP contribution in [0.5, 0.6) is 0 Å². The molecule has 0 radical (unpaired) electrons. The fourth-order valence-electron chi connectivity index (χ4n) is 7.38. The fraction of sp³-hybridized carbons (Fsp3) is 1.00. The van der Waals surface area contributed by atoms with Crippen LogP contribution in [-0.4, -0.2) is 5.54 Å². The lowest BCUT2D eigenvalue weighted by Crippen LogP contribution is -2.52. The highest BCUT2D eigenvalue weighted by Gasteiger charge is 2.51. The largest absolute Gasteiger partial charge is 0.325 e. The second-order valence-electron chi connectivity index (χ2n) is 14.1. The summed E-state index contributed by atoms with van der Waals surface area (Å²) in [5.41, 5.74) is 7.92. The monoisotopic (exact) mass is 367 g/mol. The Kier molecular flexibility index (Phi) is 7.75. The van der Waals surface area contributed by atoms with Crippen molar-refractivity contribution in [1.82, 2.24) is 0 Å². The third kappa shape index (κ3) is 8.32. The molecule has 2 N–H and O–H groups in total. The van der Waals surface area contributed by atoms with Gasteiger partial charge in [0.2, 0.25) is 0 Å². The van der Waals surface area contributed by atoms with Crippen LogP contribution < -0.4 is 5.73 Å². The molecule has 1 unspecified atom stereocenters. The Morgan fingerprint density at radius 2 is 0.808 bits per heavy atom. The van der Waals surface area contributed by atoms with Crippen molar-refractivity contribution < 1.29 is 0 Å². The summed E-state index contributed by atoms with van der Waals surface area (Å²) in [7, 11) is 0. The van der Waals surface area contributed by atoms with Gasteiger partial charge in [-0.05, 0) is 65.6 Å². The summed E-state index contributed by atoms with van der Waals surface area (Å²) in [5.74, 6) is 0.593. The van der Waals surface area contributed by atoms with E-state index in [9.17, 15) is 0 Å². The summed E-state index contributed by atoms with van der Waals surface area (Å²) in [6, 6.07) is 0. The highest BCUT2D eigenvalue weighted by atomic mass is 14.7. The normalized spacial score (nSPS) is 17.5. The van der Waals surface area contributed by atoms with Gasteiger partial charge in [0.05, 0.1) is 0 Å². The van der Waals surface area contributed by atoms with Crippen LogP contribution in [0.15, 0.2) is 0 Å². The minimum absolute atomic E-state index is 0.0998. The van der Waals surface area contributed by atoms with Gasteiger partial charge in [0, 0.05) is 5.54 Å². The van der Waals surface area contributed by atoms with Gasteiger partial charge in [0.15, 0.2) is 0 Å². The molecule has 0 aromatic heterocycles. The predicted molar refractivity (Wildman–Crippen MR) is 120 cm³/mol. The van der Waals surface area contributed by atoms with Crippen LogP contribution in [0.25, 0.3) is 0 Å². The summed E-state index contributed by atoms with van der Waals surface area (Å²) in [6.07, 6.45) is 4.56. The Morgan fingerprint density at radius 1 is 0.538 bits per heavy atom. The molecular weight excluding hydrogens is 314 g/mol. The molecule has 0 spiro atoms. The lowest BCUT2D eigenvalue weighted by Gasteiger charge is -2.57. The highest BCUT2D eigenvalue weighted by Crippen LogP contribution is 2.59. The van der Waals surface area contributed by atoms with Gasteiger partial charge in [-0.3, -0.25) is 0 Å². The molecule has 0 saturated carbocycles. The van der Waals surface area contributed by atoms with Crippen molar-refractivity contribution in [2.24, 2.45) is 38.7 Å². The Hall–Kier alpha value is -0.0400. The molecule has 1 atom stereocenters. The van der Waals surface area contributed by atoms with Gasteiger partial charge in [-0.1, -0.05) is 90.0 Å². The summed E-state index contributed by atoms with van der Waals surface area (Å²) in [5, 5.41) is 0. The van der Waals surface area contributed by atoms with E-state index in [1.807, 2.05) is 0 Å². The van der Waals surface area contributed by atoms with Crippen LogP contribution in [0.1, 0.15) is 123 Å². The Bertz CT molecular complexity index is 410. The molecule has 0 rings (SSSR count). The zero-order chi connectivity index (χ0) is 21.4. The molecule has 0 amide bonds. The number of hydrogen-bond donors (Lipinski definition) is 1. The molecule has 0 aliphatic rings. The number of hydrogen-bond acceptors (Lipinski definition) is 1. The van der Waals surface area contributed by atoms with Crippen molar-refractivity contribution in [3.05, 3.63) is 0 Å². The summed E-state index contributed by atoms with van der Waals surface area (Å²) in [4.78, 5) is 0. The van der Waals surface area contributed by atoms with E-state index in [1.165, 1.54) is 12.8 Å². The zero-order valence-electron chi connectivity index (χ0n) is 21.0. The maximum Gasteiger partial charge on any atom is 0.0128 e. The topological polar surface area (TPSA) is 26.0 Å².